The van der Waals surface area contributed by atoms with Gasteiger partial charge >= 0.3 is 0 Å². The minimum atomic E-state index is 0.332. The van der Waals surface area contributed by atoms with Crippen molar-refractivity contribution in [2.45, 2.75) is 32.2 Å². The van der Waals surface area contributed by atoms with E-state index >= 15 is 0 Å². The second-order valence-electron chi connectivity index (χ2n) is 6.17. The van der Waals surface area contributed by atoms with E-state index in [2.05, 4.69) is 47.7 Å². The number of hydrogen-bond donors (Lipinski definition) is 3. The molecule has 0 bridgehead atoms. The molecule has 3 rings (SSSR count). The fraction of sp³-hybridized carbons (Fsp3) is 0.300. The zero-order valence-electron chi connectivity index (χ0n) is 13.5. The van der Waals surface area contributed by atoms with E-state index in [1.807, 2.05) is 12.1 Å². The van der Waals surface area contributed by atoms with Crippen molar-refractivity contribution in [2.24, 2.45) is 0 Å². The molecule has 23 heavy (non-hydrogen) atoms. The van der Waals surface area contributed by atoms with Crippen LogP contribution in [0.5, 0.6) is 5.75 Å². The Balaban J connectivity index is 1.44. The summed E-state index contributed by atoms with van der Waals surface area (Å²) < 4.78 is 0. The molecule has 3 N–H and O–H groups in total. The van der Waals surface area contributed by atoms with Gasteiger partial charge in [-0.15, -0.1) is 0 Å². The predicted molar refractivity (Wildman–Crippen MR) is 95.9 cm³/mol. The van der Waals surface area contributed by atoms with Crippen LogP contribution < -0.4 is 5.32 Å². The summed E-state index contributed by atoms with van der Waals surface area (Å²) in [5.41, 5.74) is 3.86. The van der Waals surface area contributed by atoms with Crippen molar-refractivity contribution in [3.8, 4) is 5.75 Å². The Morgan fingerprint density at radius 2 is 1.83 bits per heavy atom. The van der Waals surface area contributed by atoms with Gasteiger partial charge in [0.25, 0.3) is 0 Å². The Bertz CT molecular complexity index is 746. The maximum absolute atomic E-state index is 9.30. The zero-order chi connectivity index (χ0) is 16.1. The summed E-state index contributed by atoms with van der Waals surface area (Å²) in [6, 6.07) is 16.4. The predicted octanol–water partition coefficient (Wildman–Crippen LogP) is 4.03. The maximum atomic E-state index is 9.30. The van der Waals surface area contributed by atoms with Crippen LogP contribution in [0.25, 0.3) is 10.9 Å². The molecule has 120 valence electrons. The summed E-state index contributed by atoms with van der Waals surface area (Å²) in [6.45, 7) is 3.22. The van der Waals surface area contributed by atoms with Crippen LogP contribution in [-0.4, -0.2) is 22.7 Å². The van der Waals surface area contributed by atoms with E-state index in [1.165, 1.54) is 22.0 Å². The van der Waals surface area contributed by atoms with Crippen molar-refractivity contribution < 1.29 is 5.11 Å². The monoisotopic (exact) mass is 308 g/mol. The number of rotatable bonds is 7. The molecular formula is C20H24N2O. The fourth-order valence-electron chi connectivity index (χ4n) is 2.94. The van der Waals surface area contributed by atoms with Crippen LogP contribution in [0.1, 0.15) is 24.5 Å². The van der Waals surface area contributed by atoms with E-state index in [1.54, 1.807) is 12.1 Å². The first-order valence-electron chi connectivity index (χ1n) is 8.28. The molecule has 0 aliphatic rings. The van der Waals surface area contributed by atoms with Crippen molar-refractivity contribution in [1.29, 1.82) is 0 Å². The molecule has 0 amide bonds. The molecule has 3 nitrogen and oxygen atoms in total. The smallest absolute Gasteiger partial charge is 0.115 e. The van der Waals surface area contributed by atoms with Gasteiger partial charge in [-0.1, -0.05) is 30.3 Å². The van der Waals surface area contributed by atoms with Crippen LogP contribution in [0.4, 0.5) is 0 Å². The van der Waals surface area contributed by atoms with Crippen molar-refractivity contribution >= 4 is 10.9 Å². The first kappa shape index (κ1) is 15.6. The van der Waals surface area contributed by atoms with Gasteiger partial charge in [0.15, 0.2) is 0 Å². The number of nitrogens with one attached hydrogen (secondary N) is 2. The summed E-state index contributed by atoms with van der Waals surface area (Å²) in [5.74, 6) is 0.332. The molecule has 2 aromatic carbocycles. The highest BCUT2D eigenvalue weighted by Gasteiger charge is 2.05. The number of phenols is 1. The average Bonchev–Trinajstić information content (AvgIpc) is 2.98. The lowest BCUT2D eigenvalue weighted by Gasteiger charge is -2.13. The van der Waals surface area contributed by atoms with Crippen molar-refractivity contribution in [3.63, 3.8) is 0 Å². The van der Waals surface area contributed by atoms with Crippen molar-refractivity contribution in [1.82, 2.24) is 10.3 Å². The summed E-state index contributed by atoms with van der Waals surface area (Å²) in [4.78, 5) is 3.33. The molecule has 0 aliphatic heterocycles. The Morgan fingerprint density at radius 1 is 1.04 bits per heavy atom. The molecule has 3 aromatic rings. The Hall–Kier alpha value is -2.26. The maximum Gasteiger partial charge on any atom is 0.115 e. The number of para-hydroxylation sites is 1. The highest BCUT2D eigenvalue weighted by molar-refractivity contribution is 5.83. The fourth-order valence-corrected chi connectivity index (χ4v) is 2.94. The molecule has 0 spiro atoms. The third-order valence-electron chi connectivity index (χ3n) is 4.36. The number of aryl methyl sites for hydroxylation is 1. The molecule has 0 saturated heterocycles. The van der Waals surface area contributed by atoms with Crippen LogP contribution in [0, 0.1) is 0 Å². The highest BCUT2D eigenvalue weighted by atomic mass is 16.3. The zero-order valence-corrected chi connectivity index (χ0v) is 13.5. The van der Waals surface area contributed by atoms with Crippen LogP contribution in [0.3, 0.4) is 0 Å². The van der Waals surface area contributed by atoms with Crippen LogP contribution in [-0.2, 0) is 12.8 Å². The van der Waals surface area contributed by atoms with Crippen molar-refractivity contribution in [3.05, 3.63) is 65.9 Å². The van der Waals surface area contributed by atoms with Crippen LogP contribution >= 0.6 is 0 Å². The van der Waals surface area contributed by atoms with E-state index in [9.17, 15) is 5.11 Å². The van der Waals surface area contributed by atoms with Crippen LogP contribution in [0.2, 0.25) is 0 Å². The number of phenolic OH excluding ortho intramolecular Hbond substituents is 1. The minimum absolute atomic E-state index is 0.332. The number of H-pyrrole nitrogens is 1. The quantitative estimate of drug-likeness (QED) is 0.617. The molecule has 1 aromatic heterocycles. The molecule has 3 heteroatoms. The lowest BCUT2D eigenvalue weighted by atomic mass is 10.1. The number of benzene rings is 2. The summed E-state index contributed by atoms with van der Waals surface area (Å²) >= 11 is 0. The summed E-state index contributed by atoms with van der Waals surface area (Å²) in [5, 5.41) is 14.2. The number of aromatic nitrogens is 1. The van der Waals surface area contributed by atoms with Gasteiger partial charge in [0.05, 0.1) is 0 Å². The van der Waals surface area contributed by atoms with E-state index in [0.29, 0.717) is 11.8 Å². The number of aromatic hydroxyl groups is 1. The molecular weight excluding hydrogens is 284 g/mol. The van der Waals surface area contributed by atoms with E-state index in [4.69, 9.17) is 0 Å². The van der Waals surface area contributed by atoms with Crippen LogP contribution in [0.15, 0.2) is 54.7 Å². The van der Waals surface area contributed by atoms with Gasteiger partial charge in [0.1, 0.15) is 5.75 Å². The molecule has 0 fully saturated rings. The van der Waals surface area contributed by atoms with Gasteiger partial charge in [-0.2, -0.15) is 0 Å². The number of hydrogen-bond acceptors (Lipinski definition) is 2. The van der Waals surface area contributed by atoms with Gasteiger partial charge in [-0.3, -0.25) is 0 Å². The Labute approximate surface area is 137 Å². The van der Waals surface area contributed by atoms with E-state index in [-0.39, 0.29) is 0 Å². The molecule has 0 aliphatic carbocycles. The first-order chi connectivity index (χ1) is 11.2. The third kappa shape index (κ3) is 4.14. The Morgan fingerprint density at radius 3 is 2.65 bits per heavy atom. The summed E-state index contributed by atoms with van der Waals surface area (Å²) in [7, 11) is 0. The second kappa shape index (κ2) is 7.34. The molecule has 1 heterocycles. The summed E-state index contributed by atoms with van der Waals surface area (Å²) in [6.07, 6.45) is 5.28. The van der Waals surface area contributed by atoms with Gasteiger partial charge in [-0.05, 0) is 62.1 Å². The van der Waals surface area contributed by atoms with E-state index < -0.39 is 0 Å². The largest absolute Gasteiger partial charge is 0.508 e. The van der Waals surface area contributed by atoms with Gasteiger partial charge in [0.2, 0.25) is 0 Å². The highest BCUT2D eigenvalue weighted by Crippen LogP contribution is 2.18. The SMILES string of the molecule is CC(CCc1ccc(O)cc1)NCCc1c[nH]c2ccccc12. The lowest BCUT2D eigenvalue weighted by Crippen LogP contribution is -2.28. The minimum Gasteiger partial charge on any atom is -0.508 e. The normalized spacial score (nSPS) is 12.6. The van der Waals surface area contributed by atoms with Gasteiger partial charge in [0, 0.05) is 23.1 Å². The molecule has 1 unspecified atom stereocenters. The topological polar surface area (TPSA) is 48.0 Å². The first-order valence-corrected chi connectivity index (χ1v) is 8.28. The molecule has 0 saturated carbocycles. The average molecular weight is 308 g/mol. The third-order valence-corrected chi connectivity index (χ3v) is 4.36. The number of aromatic amines is 1. The number of fused-ring (bicyclic) bond motifs is 1. The Kier molecular flexibility index (Phi) is 4.99. The van der Waals surface area contributed by atoms with Gasteiger partial charge in [-0.25, -0.2) is 0 Å². The molecule has 0 radical (unpaired) electrons. The standard InChI is InChI=1S/C20H24N2O/c1-15(6-7-16-8-10-18(23)11-9-16)21-13-12-17-14-22-20-5-3-2-4-19(17)20/h2-5,8-11,14-15,21-23H,6-7,12-13H2,1H3. The van der Waals surface area contributed by atoms with Gasteiger partial charge < -0.3 is 15.4 Å². The van der Waals surface area contributed by atoms with E-state index in [0.717, 1.165) is 25.8 Å². The molecule has 1 atom stereocenters. The second-order valence-corrected chi connectivity index (χ2v) is 6.17. The lowest BCUT2D eigenvalue weighted by molar-refractivity contribution is 0.474. The van der Waals surface area contributed by atoms with Crippen molar-refractivity contribution in [2.75, 3.05) is 6.54 Å².